The topological polar surface area (TPSA) is 45.2 Å². The van der Waals surface area contributed by atoms with E-state index >= 15 is 0 Å². The summed E-state index contributed by atoms with van der Waals surface area (Å²) in [6.45, 7) is 2.83. The Bertz CT molecular complexity index is 439. The third kappa shape index (κ3) is 3.50. The molecule has 4 nitrogen and oxygen atoms in total. The summed E-state index contributed by atoms with van der Waals surface area (Å²) in [7, 11) is 1.93. The first kappa shape index (κ1) is 14.8. The molecule has 20 heavy (non-hydrogen) atoms. The van der Waals surface area contributed by atoms with Crippen molar-refractivity contribution in [1.82, 2.24) is 9.88 Å². The first-order chi connectivity index (χ1) is 9.74. The van der Waals surface area contributed by atoms with Gasteiger partial charge in [0, 0.05) is 32.0 Å². The molecular formula is C16H25N3O. The molecule has 0 spiro atoms. The summed E-state index contributed by atoms with van der Waals surface area (Å²) >= 11 is 0. The molecule has 1 saturated carbocycles. The van der Waals surface area contributed by atoms with Gasteiger partial charge in [0.2, 0.25) is 0 Å². The predicted octanol–water partition coefficient (Wildman–Crippen LogP) is 3.31. The van der Waals surface area contributed by atoms with Gasteiger partial charge in [0.25, 0.3) is 5.91 Å². The summed E-state index contributed by atoms with van der Waals surface area (Å²) in [5.41, 5.74) is 1.56. The van der Waals surface area contributed by atoms with Gasteiger partial charge in [-0.1, -0.05) is 25.7 Å². The van der Waals surface area contributed by atoms with E-state index in [-0.39, 0.29) is 5.91 Å². The van der Waals surface area contributed by atoms with Crippen LogP contribution in [0.25, 0.3) is 0 Å². The van der Waals surface area contributed by atoms with Crippen molar-refractivity contribution in [3.05, 3.63) is 24.0 Å². The van der Waals surface area contributed by atoms with E-state index in [2.05, 4.69) is 10.3 Å². The number of nitrogens with one attached hydrogen (secondary N) is 1. The second-order valence-corrected chi connectivity index (χ2v) is 5.51. The van der Waals surface area contributed by atoms with Crippen LogP contribution in [0.5, 0.6) is 0 Å². The van der Waals surface area contributed by atoms with Gasteiger partial charge >= 0.3 is 0 Å². The van der Waals surface area contributed by atoms with Crippen LogP contribution in [0.2, 0.25) is 0 Å². The van der Waals surface area contributed by atoms with E-state index in [1.807, 2.05) is 24.9 Å². The summed E-state index contributed by atoms with van der Waals surface area (Å²) in [6, 6.07) is 2.25. The molecular weight excluding hydrogens is 250 g/mol. The second kappa shape index (κ2) is 7.27. The average Bonchev–Trinajstić information content (AvgIpc) is 2.76. The number of hydrogen-bond donors (Lipinski definition) is 1. The minimum atomic E-state index is 0.0842. The van der Waals surface area contributed by atoms with Gasteiger partial charge < -0.3 is 10.2 Å². The zero-order chi connectivity index (χ0) is 14.4. The Labute approximate surface area is 121 Å². The third-order valence-corrected chi connectivity index (χ3v) is 4.11. The normalized spacial score (nSPS) is 16.5. The highest BCUT2D eigenvalue weighted by molar-refractivity contribution is 5.99. The number of amides is 1. The van der Waals surface area contributed by atoms with Gasteiger partial charge in [0.15, 0.2) is 0 Å². The maximum atomic E-state index is 12.7. The maximum Gasteiger partial charge on any atom is 0.257 e. The van der Waals surface area contributed by atoms with Gasteiger partial charge in [0.05, 0.1) is 11.3 Å². The molecule has 1 aromatic rings. The lowest BCUT2D eigenvalue weighted by Crippen LogP contribution is -2.37. The van der Waals surface area contributed by atoms with E-state index in [1.165, 1.54) is 25.7 Å². The number of rotatable bonds is 4. The Balaban J connectivity index is 2.13. The highest BCUT2D eigenvalue weighted by Gasteiger charge is 2.23. The Kier molecular flexibility index (Phi) is 5.39. The monoisotopic (exact) mass is 275 g/mol. The van der Waals surface area contributed by atoms with Crippen molar-refractivity contribution in [3.63, 3.8) is 0 Å². The molecule has 0 aromatic carbocycles. The summed E-state index contributed by atoms with van der Waals surface area (Å²) in [6.07, 6.45) is 10.7. The van der Waals surface area contributed by atoms with Crippen LogP contribution in [0.3, 0.4) is 0 Å². The van der Waals surface area contributed by atoms with Crippen molar-refractivity contribution in [1.29, 1.82) is 0 Å². The van der Waals surface area contributed by atoms with Crippen molar-refractivity contribution in [3.8, 4) is 0 Å². The molecule has 110 valence electrons. The fourth-order valence-corrected chi connectivity index (χ4v) is 2.91. The van der Waals surface area contributed by atoms with Crippen LogP contribution in [-0.2, 0) is 0 Å². The van der Waals surface area contributed by atoms with Crippen molar-refractivity contribution < 1.29 is 4.79 Å². The summed E-state index contributed by atoms with van der Waals surface area (Å²) < 4.78 is 0. The van der Waals surface area contributed by atoms with Crippen molar-refractivity contribution in [2.24, 2.45) is 0 Å². The molecule has 1 amide bonds. The summed E-state index contributed by atoms with van der Waals surface area (Å²) in [4.78, 5) is 18.7. The van der Waals surface area contributed by atoms with Crippen LogP contribution in [0.1, 0.15) is 55.8 Å². The number of nitrogens with zero attached hydrogens (tertiary/aromatic N) is 2. The molecule has 1 aliphatic carbocycles. The molecule has 1 fully saturated rings. The molecule has 0 atom stereocenters. The predicted molar refractivity (Wildman–Crippen MR) is 82.0 cm³/mol. The lowest BCUT2D eigenvalue weighted by molar-refractivity contribution is 0.0718. The quantitative estimate of drug-likeness (QED) is 0.857. The number of hydrogen-bond acceptors (Lipinski definition) is 3. The van der Waals surface area contributed by atoms with Crippen molar-refractivity contribution in [2.75, 3.05) is 18.9 Å². The van der Waals surface area contributed by atoms with E-state index in [9.17, 15) is 4.79 Å². The highest BCUT2D eigenvalue weighted by atomic mass is 16.2. The Morgan fingerprint density at radius 2 is 2.05 bits per heavy atom. The minimum absolute atomic E-state index is 0.0842. The third-order valence-electron chi connectivity index (χ3n) is 4.11. The first-order valence-electron chi connectivity index (χ1n) is 7.69. The van der Waals surface area contributed by atoms with Gasteiger partial charge in [0.1, 0.15) is 0 Å². The number of anilines is 1. The molecule has 0 radical (unpaired) electrons. The number of carbonyl (C=O) groups excluding carboxylic acids is 1. The van der Waals surface area contributed by atoms with Gasteiger partial charge in [-0.25, -0.2) is 0 Å². The van der Waals surface area contributed by atoms with E-state index in [4.69, 9.17) is 0 Å². The molecule has 1 heterocycles. The van der Waals surface area contributed by atoms with Crippen molar-refractivity contribution in [2.45, 2.75) is 51.5 Å². The van der Waals surface area contributed by atoms with Gasteiger partial charge in [-0.2, -0.15) is 0 Å². The second-order valence-electron chi connectivity index (χ2n) is 5.51. The number of aromatic nitrogens is 1. The molecule has 1 aliphatic rings. The fraction of sp³-hybridized carbons (Fsp3) is 0.625. The van der Waals surface area contributed by atoms with Gasteiger partial charge in [-0.05, 0) is 25.8 Å². The van der Waals surface area contributed by atoms with Crippen LogP contribution >= 0.6 is 0 Å². The van der Waals surface area contributed by atoms with E-state index in [1.54, 1.807) is 12.4 Å². The maximum absolute atomic E-state index is 12.7. The van der Waals surface area contributed by atoms with Crippen LogP contribution in [0.15, 0.2) is 18.5 Å². The molecule has 0 bridgehead atoms. The zero-order valence-electron chi connectivity index (χ0n) is 12.6. The lowest BCUT2D eigenvalue weighted by Gasteiger charge is -2.28. The smallest absolute Gasteiger partial charge is 0.257 e. The molecule has 1 aromatic heterocycles. The van der Waals surface area contributed by atoms with E-state index in [0.717, 1.165) is 25.1 Å². The molecule has 4 heteroatoms. The Hall–Kier alpha value is -1.58. The average molecular weight is 275 g/mol. The largest absolute Gasteiger partial charge is 0.385 e. The lowest BCUT2D eigenvalue weighted by atomic mass is 10.1. The summed E-state index contributed by atoms with van der Waals surface area (Å²) in [5.74, 6) is 0.0842. The standard InChI is InChI=1S/C16H25N3O/c1-3-18-15-10-11-17-12-14(15)16(20)19(2)13-8-6-4-5-7-9-13/h10-13H,3-9H2,1-2H3,(H,17,18). The molecule has 0 saturated heterocycles. The van der Waals surface area contributed by atoms with Crippen molar-refractivity contribution >= 4 is 11.6 Å². The SMILES string of the molecule is CCNc1ccncc1C(=O)N(C)C1CCCCCC1. The molecule has 0 aliphatic heterocycles. The molecule has 0 unspecified atom stereocenters. The summed E-state index contributed by atoms with van der Waals surface area (Å²) in [5, 5.41) is 3.24. The van der Waals surface area contributed by atoms with E-state index < -0.39 is 0 Å². The van der Waals surface area contributed by atoms with Gasteiger partial charge in [-0.3, -0.25) is 9.78 Å². The fourth-order valence-electron chi connectivity index (χ4n) is 2.91. The van der Waals surface area contributed by atoms with Crippen LogP contribution in [0.4, 0.5) is 5.69 Å². The number of carbonyl (C=O) groups is 1. The van der Waals surface area contributed by atoms with Crippen LogP contribution in [-0.4, -0.2) is 35.4 Å². The van der Waals surface area contributed by atoms with E-state index in [0.29, 0.717) is 11.6 Å². The first-order valence-corrected chi connectivity index (χ1v) is 7.69. The van der Waals surface area contributed by atoms with Crippen LogP contribution < -0.4 is 5.32 Å². The Morgan fingerprint density at radius 1 is 1.35 bits per heavy atom. The highest BCUT2D eigenvalue weighted by Crippen LogP contribution is 2.24. The molecule has 2 rings (SSSR count). The molecule has 1 N–H and O–H groups in total. The van der Waals surface area contributed by atoms with Gasteiger partial charge in [-0.15, -0.1) is 0 Å². The number of pyridine rings is 1. The minimum Gasteiger partial charge on any atom is -0.385 e. The zero-order valence-corrected chi connectivity index (χ0v) is 12.6. The Morgan fingerprint density at radius 3 is 2.70 bits per heavy atom. The van der Waals surface area contributed by atoms with Crippen LogP contribution in [0, 0.1) is 0 Å².